The first kappa shape index (κ1) is 14.9. The van der Waals surface area contributed by atoms with Crippen LogP contribution < -0.4 is 10.1 Å². The molecule has 21 heavy (non-hydrogen) atoms. The van der Waals surface area contributed by atoms with Gasteiger partial charge in [-0.15, -0.1) is 0 Å². The number of ether oxygens (including phenoxy) is 1. The summed E-state index contributed by atoms with van der Waals surface area (Å²) in [6.07, 6.45) is 2.82. The molecule has 2 aromatic rings. The molecule has 0 aliphatic carbocycles. The van der Waals surface area contributed by atoms with Gasteiger partial charge in [0.25, 0.3) is 0 Å². The summed E-state index contributed by atoms with van der Waals surface area (Å²) in [6.45, 7) is 5.41. The van der Waals surface area contributed by atoms with Gasteiger partial charge in [0.2, 0.25) is 5.91 Å². The summed E-state index contributed by atoms with van der Waals surface area (Å²) >= 11 is 0. The molecule has 0 unspecified atom stereocenters. The highest BCUT2D eigenvalue weighted by atomic mass is 19.1. The Morgan fingerprint density at radius 1 is 1.19 bits per heavy atom. The number of carbonyl (C=O) groups is 1. The lowest BCUT2D eigenvalue weighted by Gasteiger charge is -2.17. The van der Waals surface area contributed by atoms with Crippen molar-refractivity contribution in [2.45, 2.75) is 20.8 Å². The molecule has 1 aromatic heterocycles. The van der Waals surface area contributed by atoms with Crippen molar-refractivity contribution in [1.82, 2.24) is 9.97 Å². The molecule has 0 saturated heterocycles. The van der Waals surface area contributed by atoms with Gasteiger partial charge >= 0.3 is 6.01 Å². The summed E-state index contributed by atoms with van der Waals surface area (Å²) in [7, 11) is 0. The topological polar surface area (TPSA) is 64.1 Å². The molecule has 0 spiro atoms. The number of nitrogens with zero attached hydrogens (tertiary/aromatic N) is 2. The van der Waals surface area contributed by atoms with Crippen LogP contribution in [0.4, 0.5) is 10.1 Å². The second kappa shape index (κ2) is 5.87. The van der Waals surface area contributed by atoms with Gasteiger partial charge in [0.15, 0.2) is 11.6 Å². The number of nitrogens with one attached hydrogen (secondary N) is 1. The van der Waals surface area contributed by atoms with E-state index in [9.17, 15) is 9.18 Å². The van der Waals surface area contributed by atoms with Crippen LogP contribution in [-0.4, -0.2) is 15.9 Å². The quantitative estimate of drug-likeness (QED) is 0.940. The Labute approximate surface area is 122 Å². The van der Waals surface area contributed by atoms with E-state index in [-0.39, 0.29) is 17.7 Å². The Kier molecular flexibility index (Phi) is 4.16. The van der Waals surface area contributed by atoms with E-state index < -0.39 is 11.2 Å². The zero-order valence-electron chi connectivity index (χ0n) is 12.1. The van der Waals surface area contributed by atoms with Crippen molar-refractivity contribution in [1.29, 1.82) is 0 Å². The molecular weight excluding hydrogens is 273 g/mol. The third-order valence-corrected chi connectivity index (χ3v) is 2.61. The van der Waals surface area contributed by atoms with E-state index in [2.05, 4.69) is 15.3 Å². The van der Waals surface area contributed by atoms with Crippen molar-refractivity contribution in [2.75, 3.05) is 5.32 Å². The van der Waals surface area contributed by atoms with Crippen molar-refractivity contribution in [2.24, 2.45) is 5.41 Å². The van der Waals surface area contributed by atoms with Crippen molar-refractivity contribution in [3.8, 4) is 11.8 Å². The zero-order valence-corrected chi connectivity index (χ0v) is 12.1. The molecule has 1 heterocycles. The molecule has 0 aliphatic rings. The maximum Gasteiger partial charge on any atom is 0.322 e. The maximum absolute atomic E-state index is 13.4. The normalized spacial score (nSPS) is 11.0. The summed E-state index contributed by atoms with van der Waals surface area (Å²) < 4.78 is 18.6. The second-order valence-corrected chi connectivity index (χ2v) is 5.49. The minimum atomic E-state index is -0.512. The fourth-order valence-electron chi connectivity index (χ4n) is 1.38. The largest absolute Gasteiger partial charge is 0.421 e. The average Bonchev–Trinajstić information content (AvgIpc) is 2.42. The second-order valence-electron chi connectivity index (χ2n) is 5.49. The van der Waals surface area contributed by atoms with Gasteiger partial charge in [0, 0.05) is 5.41 Å². The number of hydrogen-bond donors (Lipinski definition) is 1. The summed E-state index contributed by atoms with van der Waals surface area (Å²) in [4.78, 5) is 19.7. The minimum Gasteiger partial charge on any atom is -0.421 e. The lowest BCUT2D eigenvalue weighted by atomic mass is 9.96. The molecule has 1 N–H and O–H groups in total. The number of benzene rings is 1. The molecule has 0 aliphatic heterocycles. The average molecular weight is 289 g/mol. The van der Waals surface area contributed by atoms with Gasteiger partial charge in [0.05, 0.1) is 18.1 Å². The molecule has 5 nitrogen and oxygen atoms in total. The van der Waals surface area contributed by atoms with Crippen LogP contribution in [-0.2, 0) is 4.79 Å². The molecule has 0 bridgehead atoms. The predicted octanol–water partition coefficient (Wildman–Crippen LogP) is 3.39. The number of rotatable bonds is 3. The summed E-state index contributed by atoms with van der Waals surface area (Å²) in [6, 6.07) is 5.99. The first-order valence-corrected chi connectivity index (χ1v) is 6.42. The molecule has 110 valence electrons. The van der Waals surface area contributed by atoms with Gasteiger partial charge < -0.3 is 10.1 Å². The minimum absolute atomic E-state index is 0.00820. The smallest absolute Gasteiger partial charge is 0.322 e. The van der Waals surface area contributed by atoms with E-state index in [1.165, 1.54) is 24.5 Å². The van der Waals surface area contributed by atoms with Gasteiger partial charge in [0.1, 0.15) is 0 Å². The highest BCUT2D eigenvalue weighted by Crippen LogP contribution is 2.22. The third-order valence-electron chi connectivity index (χ3n) is 2.61. The molecular formula is C15H16FN3O2. The van der Waals surface area contributed by atoms with Crippen LogP contribution in [0.1, 0.15) is 20.8 Å². The van der Waals surface area contributed by atoms with Crippen LogP contribution >= 0.6 is 0 Å². The van der Waals surface area contributed by atoms with Crippen LogP contribution in [0.25, 0.3) is 0 Å². The monoisotopic (exact) mass is 289 g/mol. The lowest BCUT2D eigenvalue weighted by molar-refractivity contribution is -0.123. The van der Waals surface area contributed by atoms with Gasteiger partial charge in [-0.2, -0.15) is 0 Å². The number of anilines is 1. The van der Waals surface area contributed by atoms with E-state index in [4.69, 9.17) is 4.74 Å². The van der Waals surface area contributed by atoms with Gasteiger partial charge in [-0.05, 0) is 12.1 Å². The fourth-order valence-corrected chi connectivity index (χ4v) is 1.38. The molecule has 0 fully saturated rings. The van der Waals surface area contributed by atoms with Gasteiger partial charge in [-0.1, -0.05) is 32.9 Å². The Bertz CT molecular complexity index is 636. The highest BCUT2D eigenvalue weighted by Gasteiger charge is 2.21. The molecule has 0 saturated carbocycles. The Balaban J connectivity index is 2.06. The third kappa shape index (κ3) is 3.98. The summed E-state index contributed by atoms with van der Waals surface area (Å²) in [5, 5.41) is 2.69. The molecule has 0 atom stereocenters. The van der Waals surface area contributed by atoms with Crippen molar-refractivity contribution < 1.29 is 13.9 Å². The van der Waals surface area contributed by atoms with E-state index >= 15 is 0 Å². The lowest BCUT2D eigenvalue weighted by Crippen LogP contribution is -2.27. The first-order valence-electron chi connectivity index (χ1n) is 6.42. The molecule has 1 aromatic carbocycles. The van der Waals surface area contributed by atoms with Gasteiger partial charge in [-0.3, -0.25) is 4.79 Å². The highest BCUT2D eigenvalue weighted by molar-refractivity contribution is 5.94. The molecule has 0 radical (unpaired) electrons. The van der Waals surface area contributed by atoms with Gasteiger partial charge in [-0.25, -0.2) is 14.4 Å². The van der Waals surface area contributed by atoms with Crippen LogP contribution in [0, 0.1) is 11.2 Å². The summed E-state index contributed by atoms with van der Waals surface area (Å²) in [5.41, 5.74) is -0.0571. The van der Waals surface area contributed by atoms with Crippen LogP contribution in [0.2, 0.25) is 0 Å². The molecule has 6 heteroatoms. The van der Waals surface area contributed by atoms with Crippen LogP contribution in [0.15, 0.2) is 36.7 Å². The number of hydrogen-bond acceptors (Lipinski definition) is 4. The summed E-state index contributed by atoms with van der Waals surface area (Å²) in [5.74, 6) is -0.593. The van der Waals surface area contributed by atoms with Crippen molar-refractivity contribution in [3.05, 3.63) is 42.5 Å². The molecule has 1 amide bonds. The Morgan fingerprint density at radius 3 is 2.38 bits per heavy atom. The number of carbonyl (C=O) groups excluding carboxylic acids is 1. The standard InChI is InChI=1S/C15H16FN3O2/c1-15(2,3)13(20)19-10-8-17-14(18-9-10)21-12-7-5-4-6-11(12)16/h4-9H,1-3H3,(H,19,20). The number of aromatic nitrogens is 2. The number of amides is 1. The molecule has 2 rings (SSSR count). The van der Waals surface area contributed by atoms with E-state index in [1.807, 2.05) is 0 Å². The van der Waals surface area contributed by atoms with Crippen molar-refractivity contribution in [3.63, 3.8) is 0 Å². The van der Waals surface area contributed by atoms with Crippen LogP contribution in [0.3, 0.4) is 0 Å². The SMILES string of the molecule is CC(C)(C)C(=O)Nc1cnc(Oc2ccccc2F)nc1. The van der Waals surface area contributed by atoms with Crippen molar-refractivity contribution >= 4 is 11.6 Å². The first-order chi connectivity index (χ1) is 9.86. The number of halogens is 1. The zero-order chi connectivity index (χ0) is 15.5. The van der Waals surface area contributed by atoms with E-state index in [0.29, 0.717) is 5.69 Å². The Hall–Kier alpha value is -2.50. The Morgan fingerprint density at radius 2 is 1.81 bits per heavy atom. The van der Waals surface area contributed by atoms with Crippen LogP contribution in [0.5, 0.6) is 11.8 Å². The number of para-hydroxylation sites is 1. The predicted molar refractivity (Wildman–Crippen MR) is 76.6 cm³/mol. The van der Waals surface area contributed by atoms with E-state index in [1.54, 1.807) is 32.9 Å². The fraction of sp³-hybridized carbons (Fsp3) is 0.267. The van der Waals surface area contributed by atoms with E-state index in [0.717, 1.165) is 0 Å². The maximum atomic E-state index is 13.4.